The van der Waals surface area contributed by atoms with Crippen molar-refractivity contribution in [2.45, 2.75) is 44.9 Å². The SMILES string of the molecule is CCc1ccc(CN2CC[C@@H](O)C[C@H]2C(=O)OC)cc1. The van der Waals surface area contributed by atoms with Gasteiger partial charge in [0, 0.05) is 13.1 Å². The lowest BCUT2D eigenvalue weighted by Crippen LogP contribution is -2.48. The molecule has 20 heavy (non-hydrogen) atoms. The molecule has 1 heterocycles. The molecule has 0 bridgehead atoms. The van der Waals surface area contributed by atoms with Crippen molar-refractivity contribution in [3.8, 4) is 0 Å². The van der Waals surface area contributed by atoms with Gasteiger partial charge in [0.1, 0.15) is 6.04 Å². The number of hydrogen-bond acceptors (Lipinski definition) is 4. The number of aryl methyl sites for hydroxylation is 1. The molecule has 0 unspecified atom stereocenters. The number of carbonyl (C=O) groups excluding carboxylic acids is 1. The van der Waals surface area contributed by atoms with Crippen LogP contribution in [0.25, 0.3) is 0 Å². The van der Waals surface area contributed by atoms with Crippen LogP contribution < -0.4 is 0 Å². The third-order valence-electron chi connectivity index (χ3n) is 3.98. The second-order valence-corrected chi connectivity index (χ2v) is 5.36. The van der Waals surface area contributed by atoms with Crippen molar-refractivity contribution in [3.05, 3.63) is 35.4 Å². The van der Waals surface area contributed by atoms with Crippen LogP contribution in [0.15, 0.2) is 24.3 Å². The molecule has 0 aliphatic carbocycles. The van der Waals surface area contributed by atoms with Crippen LogP contribution in [-0.4, -0.2) is 41.8 Å². The summed E-state index contributed by atoms with van der Waals surface area (Å²) in [7, 11) is 1.40. The maximum Gasteiger partial charge on any atom is 0.323 e. The van der Waals surface area contributed by atoms with E-state index in [1.807, 2.05) is 0 Å². The first kappa shape index (κ1) is 15.0. The number of methoxy groups -OCH3 is 1. The summed E-state index contributed by atoms with van der Waals surface area (Å²) < 4.78 is 4.85. The van der Waals surface area contributed by atoms with Crippen LogP contribution >= 0.6 is 0 Å². The molecule has 1 aliphatic heterocycles. The molecule has 1 saturated heterocycles. The van der Waals surface area contributed by atoms with Crippen molar-refractivity contribution >= 4 is 5.97 Å². The average molecular weight is 277 g/mol. The number of nitrogens with zero attached hydrogens (tertiary/aromatic N) is 1. The van der Waals surface area contributed by atoms with E-state index in [9.17, 15) is 9.90 Å². The molecule has 0 radical (unpaired) electrons. The van der Waals surface area contributed by atoms with E-state index in [0.717, 1.165) is 19.5 Å². The van der Waals surface area contributed by atoms with Gasteiger partial charge in [0.25, 0.3) is 0 Å². The monoisotopic (exact) mass is 277 g/mol. The number of benzene rings is 1. The Bertz CT molecular complexity index is 444. The van der Waals surface area contributed by atoms with E-state index in [1.165, 1.54) is 18.2 Å². The van der Waals surface area contributed by atoms with Gasteiger partial charge in [-0.05, 0) is 30.4 Å². The molecule has 1 aromatic carbocycles. The summed E-state index contributed by atoms with van der Waals surface area (Å²) in [6, 6.07) is 8.13. The van der Waals surface area contributed by atoms with Crippen molar-refractivity contribution in [1.29, 1.82) is 0 Å². The van der Waals surface area contributed by atoms with Gasteiger partial charge in [0.15, 0.2) is 0 Å². The second-order valence-electron chi connectivity index (χ2n) is 5.36. The molecule has 1 N–H and O–H groups in total. The Morgan fingerprint density at radius 3 is 2.60 bits per heavy atom. The van der Waals surface area contributed by atoms with Gasteiger partial charge in [0.2, 0.25) is 0 Å². The van der Waals surface area contributed by atoms with Crippen molar-refractivity contribution < 1.29 is 14.6 Å². The van der Waals surface area contributed by atoms with E-state index in [4.69, 9.17) is 4.74 Å². The Morgan fingerprint density at radius 1 is 1.35 bits per heavy atom. The fraction of sp³-hybridized carbons (Fsp3) is 0.562. The van der Waals surface area contributed by atoms with Crippen molar-refractivity contribution in [2.24, 2.45) is 0 Å². The number of aliphatic hydroxyl groups excluding tert-OH is 1. The number of aliphatic hydroxyl groups is 1. The number of piperidine rings is 1. The van der Waals surface area contributed by atoms with Gasteiger partial charge in [0.05, 0.1) is 13.2 Å². The number of ether oxygens (including phenoxy) is 1. The standard InChI is InChI=1S/C16H23NO3/c1-3-12-4-6-13(7-5-12)11-17-9-8-14(18)10-15(17)16(19)20-2/h4-7,14-15,18H,3,8-11H2,1-2H3/t14-,15+/m1/s1. The predicted molar refractivity (Wildman–Crippen MR) is 77.3 cm³/mol. The Balaban J connectivity index is 2.06. The summed E-state index contributed by atoms with van der Waals surface area (Å²) in [5.41, 5.74) is 2.50. The molecule has 1 fully saturated rings. The van der Waals surface area contributed by atoms with Crippen molar-refractivity contribution in [2.75, 3.05) is 13.7 Å². The Labute approximate surface area is 120 Å². The van der Waals surface area contributed by atoms with Crippen LogP contribution in [0.1, 0.15) is 30.9 Å². The van der Waals surface area contributed by atoms with E-state index in [1.54, 1.807) is 0 Å². The van der Waals surface area contributed by atoms with Crippen LogP contribution in [0.5, 0.6) is 0 Å². The zero-order chi connectivity index (χ0) is 14.5. The molecule has 0 amide bonds. The lowest BCUT2D eigenvalue weighted by atomic mass is 9.98. The molecule has 0 saturated carbocycles. The minimum absolute atomic E-state index is 0.256. The van der Waals surface area contributed by atoms with E-state index >= 15 is 0 Å². The lowest BCUT2D eigenvalue weighted by Gasteiger charge is -2.36. The summed E-state index contributed by atoms with van der Waals surface area (Å²) in [4.78, 5) is 13.9. The van der Waals surface area contributed by atoms with E-state index in [0.29, 0.717) is 12.8 Å². The molecule has 1 aromatic rings. The van der Waals surface area contributed by atoms with Crippen molar-refractivity contribution in [3.63, 3.8) is 0 Å². The number of likely N-dealkylation sites (tertiary alicyclic amines) is 1. The highest BCUT2D eigenvalue weighted by Crippen LogP contribution is 2.21. The largest absolute Gasteiger partial charge is 0.468 e. The normalized spacial score (nSPS) is 23.6. The number of esters is 1. The molecule has 2 rings (SSSR count). The third-order valence-corrected chi connectivity index (χ3v) is 3.98. The number of carbonyl (C=O) groups is 1. The highest BCUT2D eigenvalue weighted by Gasteiger charge is 2.33. The van der Waals surface area contributed by atoms with Crippen LogP contribution in [0.2, 0.25) is 0 Å². The predicted octanol–water partition coefficient (Wildman–Crippen LogP) is 1.75. The maximum absolute atomic E-state index is 11.8. The minimum Gasteiger partial charge on any atom is -0.468 e. The zero-order valence-corrected chi connectivity index (χ0v) is 12.2. The Morgan fingerprint density at radius 2 is 2.00 bits per heavy atom. The first-order valence-electron chi connectivity index (χ1n) is 7.21. The number of hydrogen-bond donors (Lipinski definition) is 1. The van der Waals surface area contributed by atoms with Gasteiger partial charge in [-0.2, -0.15) is 0 Å². The molecule has 110 valence electrons. The van der Waals surface area contributed by atoms with Crippen LogP contribution in [-0.2, 0) is 22.5 Å². The highest BCUT2D eigenvalue weighted by atomic mass is 16.5. The molecular formula is C16H23NO3. The fourth-order valence-corrected chi connectivity index (χ4v) is 2.68. The number of rotatable bonds is 4. The van der Waals surface area contributed by atoms with Gasteiger partial charge in [-0.1, -0.05) is 31.2 Å². The topological polar surface area (TPSA) is 49.8 Å². The second kappa shape index (κ2) is 6.86. The Hall–Kier alpha value is -1.39. The molecule has 0 spiro atoms. The molecule has 4 nitrogen and oxygen atoms in total. The summed E-state index contributed by atoms with van der Waals surface area (Å²) >= 11 is 0. The summed E-state index contributed by atoms with van der Waals surface area (Å²) in [6.07, 6.45) is 1.79. The van der Waals surface area contributed by atoms with Gasteiger partial charge < -0.3 is 9.84 Å². The third kappa shape index (κ3) is 3.58. The summed E-state index contributed by atoms with van der Waals surface area (Å²) in [5.74, 6) is -0.256. The minimum atomic E-state index is -0.405. The molecular weight excluding hydrogens is 254 g/mol. The molecule has 4 heteroatoms. The maximum atomic E-state index is 11.8. The Kier molecular flexibility index (Phi) is 5.15. The van der Waals surface area contributed by atoms with Crippen LogP contribution in [0.4, 0.5) is 0 Å². The quantitative estimate of drug-likeness (QED) is 0.852. The lowest BCUT2D eigenvalue weighted by molar-refractivity contribution is -0.150. The van der Waals surface area contributed by atoms with E-state index < -0.39 is 6.10 Å². The highest BCUT2D eigenvalue weighted by molar-refractivity contribution is 5.75. The van der Waals surface area contributed by atoms with Crippen molar-refractivity contribution in [1.82, 2.24) is 4.90 Å². The smallest absolute Gasteiger partial charge is 0.323 e. The average Bonchev–Trinajstić information content (AvgIpc) is 2.49. The van der Waals surface area contributed by atoms with Gasteiger partial charge in [-0.25, -0.2) is 0 Å². The van der Waals surface area contributed by atoms with Crippen LogP contribution in [0, 0.1) is 0 Å². The molecule has 2 atom stereocenters. The van der Waals surface area contributed by atoms with Gasteiger partial charge in [-0.3, -0.25) is 9.69 Å². The first-order valence-corrected chi connectivity index (χ1v) is 7.21. The van der Waals surface area contributed by atoms with Crippen LogP contribution in [0.3, 0.4) is 0 Å². The van der Waals surface area contributed by atoms with Gasteiger partial charge in [-0.15, -0.1) is 0 Å². The first-order chi connectivity index (χ1) is 9.63. The summed E-state index contributed by atoms with van der Waals surface area (Å²) in [6.45, 7) is 3.57. The van der Waals surface area contributed by atoms with E-state index in [2.05, 4.69) is 36.1 Å². The summed E-state index contributed by atoms with van der Waals surface area (Å²) in [5, 5.41) is 9.74. The fourth-order valence-electron chi connectivity index (χ4n) is 2.68. The van der Waals surface area contributed by atoms with E-state index in [-0.39, 0.29) is 12.0 Å². The molecule has 0 aromatic heterocycles. The molecule has 1 aliphatic rings. The zero-order valence-electron chi connectivity index (χ0n) is 12.2. The van der Waals surface area contributed by atoms with Gasteiger partial charge >= 0.3 is 5.97 Å².